The Morgan fingerprint density at radius 2 is 2.14 bits per heavy atom. The number of imidazole rings is 1. The van der Waals surface area contributed by atoms with E-state index >= 15 is 0 Å². The summed E-state index contributed by atoms with van der Waals surface area (Å²) < 4.78 is 7.22. The predicted octanol–water partition coefficient (Wildman–Crippen LogP) is -1.00. The largest absolute Gasteiger partial charge is 0.355 e. The lowest BCUT2D eigenvalue weighted by Crippen LogP contribution is -2.36. The van der Waals surface area contributed by atoms with Crippen molar-refractivity contribution < 1.29 is 4.52 Å². The van der Waals surface area contributed by atoms with Gasteiger partial charge in [-0.05, 0) is 0 Å². The first-order chi connectivity index (χ1) is 10.1. The summed E-state index contributed by atoms with van der Waals surface area (Å²) in [5.41, 5.74) is -0.245. The van der Waals surface area contributed by atoms with Crippen LogP contribution < -0.4 is 16.6 Å². The van der Waals surface area contributed by atoms with Gasteiger partial charge >= 0.3 is 5.69 Å². The normalized spacial score (nSPS) is 11.1. The van der Waals surface area contributed by atoms with Crippen molar-refractivity contribution in [2.24, 2.45) is 14.1 Å². The second kappa shape index (κ2) is 4.89. The molecule has 0 amide bonds. The number of hydrogen-bond donors (Lipinski definition) is 2. The first kappa shape index (κ1) is 13.1. The highest BCUT2D eigenvalue weighted by Gasteiger charge is 2.13. The number of hydrogen-bond acceptors (Lipinski definition) is 7. The van der Waals surface area contributed by atoms with E-state index < -0.39 is 11.2 Å². The van der Waals surface area contributed by atoms with Crippen molar-refractivity contribution in [3.63, 3.8) is 0 Å². The van der Waals surface area contributed by atoms with Gasteiger partial charge in [0.05, 0.1) is 0 Å². The minimum absolute atomic E-state index is 0.278. The smallest absolute Gasteiger partial charge is 0.332 e. The number of aromatic amines is 1. The topological polar surface area (TPSA) is 124 Å². The lowest BCUT2D eigenvalue weighted by Gasteiger charge is -2.00. The van der Waals surface area contributed by atoms with Crippen molar-refractivity contribution >= 4 is 17.1 Å². The first-order valence-electron chi connectivity index (χ1n) is 6.23. The maximum atomic E-state index is 12.0. The van der Waals surface area contributed by atoms with E-state index in [-0.39, 0.29) is 5.52 Å². The molecule has 0 saturated carbocycles. The highest BCUT2D eigenvalue weighted by molar-refractivity contribution is 5.72. The molecule has 0 fully saturated rings. The van der Waals surface area contributed by atoms with Crippen LogP contribution in [0.25, 0.3) is 11.2 Å². The zero-order valence-electron chi connectivity index (χ0n) is 11.5. The van der Waals surface area contributed by atoms with Crippen molar-refractivity contribution in [3.05, 3.63) is 33.1 Å². The van der Waals surface area contributed by atoms with Gasteiger partial charge in [-0.25, -0.2) is 4.79 Å². The average Bonchev–Trinajstić information content (AvgIpc) is 3.12. The van der Waals surface area contributed by atoms with Crippen LogP contribution in [0.5, 0.6) is 0 Å². The van der Waals surface area contributed by atoms with Crippen LogP contribution in [-0.4, -0.2) is 35.8 Å². The van der Waals surface area contributed by atoms with Gasteiger partial charge in [-0.3, -0.25) is 13.9 Å². The van der Waals surface area contributed by atoms with E-state index in [9.17, 15) is 9.59 Å². The number of aromatic nitrogens is 6. The molecule has 3 heterocycles. The third-order valence-electron chi connectivity index (χ3n) is 3.13. The molecule has 3 aromatic heterocycles. The molecule has 0 aliphatic carbocycles. The van der Waals surface area contributed by atoms with Crippen LogP contribution in [0.2, 0.25) is 0 Å². The SMILES string of the molecule is Cn1c(=O)c2[nH]c(NCCc3ncno3)nc2n(C)c1=O. The third kappa shape index (κ3) is 2.20. The molecule has 10 heteroatoms. The molecule has 110 valence electrons. The molecule has 0 aromatic carbocycles. The Kier molecular flexibility index (Phi) is 3.05. The van der Waals surface area contributed by atoms with Crippen molar-refractivity contribution in [1.29, 1.82) is 0 Å². The second-order valence-corrected chi connectivity index (χ2v) is 4.50. The number of nitrogens with zero attached hydrogens (tertiary/aromatic N) is 5. The quantitative estimate of drug-likeness (QED) is 0.631. The highest BCUT2D eigenvalue weighted by Crippen LogP contribution is 2.08. The summed E-state index contributed by atoms with van der Waals surface area (Å²) >= 11 is 0. The number of H-pyrrole nitrogens is 1. The van der Waals surface area contributed by atoms with E-state index in [0.717, 1.165) is 4.57 Å². The van der Waals surface area contributed by atoms with Crippen LogP contribution in [0.15, 0.2) is 20.4 Å². The summed E-state index contributed by atoms with van der Waals surface area (Å²) in [4.78, 5) is 34.8. The summed E-state index contributed by atoms with van der Waals surface area (Å²) in [5, 5.41) is 6.51. The lowest BCUT2D eigenvalue weighted by atomic mass is 10.4. The van der Waals surface area contributed by atoms with Crippen LogP contribution in [0.4, 0.5) is 5.95 Å². The second-order valence-electron chi connectivity index (χ2n) is 4.50. The van der Waals surface area contributed by atoms with E-state index in [0.29, 0.717) is 30.5 Å². The van der Waals surface area contributed by atoms with E-state index in [1.807, 2.05) is 0 Å². The molecule has 0 aliphatic rings. The highest BCUT2D eigenvalue weighted by atomic mass is 16.5. The van der Waals surface area contributed by atoms with Gasteiger partial charge in [0.15, 0.2) is 17.5 Å². The van der Waals surface area contributed by atoms with Gasteiger partial charge in [0.1, 0.15) is 0 Å². The molecule has 3 rings (SSSR count). The van der Waals surface area contributed by atoms with Gasteiger partial charge in [-0.15, -0.1) is 0 Å². The fourth-order valence-electron chi connectivity index (χ4n) is 2.00. The number of aryl methyl sites for hydroxylation is 1. The minimum atomic E-state index is -0.420. The Morgan fingerprint density at radius 3 is 2.86 bits per heavy atom. The van der Waals surface area contributed by atoms with Crippen LogP contribution in [-0.2, 0) is 20.5 Å². The zero-order chi connectivity index (χ0) is 15.0. The maximum Gasteiger partial charge on any atom is 0.332 e. The Morgan fingerprint density at radius 1 is 1.33 bits per heavy atom. The summed E-state index contributed by atoms with van der Waals surface area (Å²) in [6.07, 6.45) is 1.85. The first-order valence-corrected chi connectivity index (χ1v) is 6.23. The van der Waals surface area contributed by atoms with Gasteiger partial charge in [0.25, 0.3) is 5.56 Å². The van der Waals surface area contributed by atoms with Gasteiger partial charge in [0, 0.05) is 27.1 Å². The minimum Gasteiger partial charge on any atom is -0.355 e. The lowest BCUT2D eigenvalue weighted by molar-refractivity contribution is 0.379. The molecule has 21 heavy (non-hydrogen) atoms. The molecule has 0 bridgehead atoms. The Balaban J connectivity index is 1.88. The zero-order valence-corrected chi connectivity index (χ0v) is 11.5. The number of nitrogens with one attached hydrogen (secondary N) is 2. The van der Waals surface area contributed by atoms with E-state index in [4.69, 9.17) is 4.52 Å². The molecule has 0 atom stereocenters. The van der Waals surface area contributed by atoms with E-state index in [1.54, 1.807) is 7.05 Å². The molecule has 0 spiro atoms. The molecular weight excluding hydrogens is 278 g/mol. The van der Waals surface area contributed by atoms with Crippen LogP contribution in [0, 0.1) is 0 Å². The Labute approximate surface area is 117 Å². The number of rotatable bonds is 4. The molecule has 0 aliphatic heterocycles. The van der Waals surface area contributed by atoms with Crippen molar-refractivity contribution in [2.75, 3.05) is 11.9 Å². The monoisotopic (exact) mass is 291 g/mol. The van der Waals surface area contributed by atoms with Gasteiger partial charge in [-0.1, -0.05) is 5.16 Å². The van der Waals surface area contributed by atoms with Crippen LogP contribution in [0.1, 0.15) is 5.89 Å². The fraction of sp³-hybridized carbons (Fsp3) is 0.364. The number of anilines is 1. The van der Waals surface area contributed by atoms with Gasteiger partial charge < -0.3 is 14.8 Å². The Hall–Kier alpha value is -2.91. The summed E-state index contributed by atoms with van der Waals surface area (Å²) in [7, 11) is 2.99. The maximum absolute atomic E-state index is 12.0. The summed E-state index contributed by atoms with van der Waals surface area (Å²) in [6, 6.07) is 0. The van der Waals surface area contributed by atoms with E-state index in [1.165, 1.54) is 17.9 Å². The molecule has 0 radical (unpaired) electrons. The van der Waals surface area contributed by atoms with E-state index in [2.05, 4.69) is 25.4 Å². The van der Waals surface area contributed by atoms with Crippen molar-refractivity contribution in [3.8, 4) is 0 Å². The number of fused-ring (bicyclic) bond motifs is 1. The summed E-state index contributed by atoms with van der Waals surface area (Å²) in [5.74, 6) is 0.907. The van der Waals surface area contributed by atoms with Gasteiger partial charge in [-0.2, -0.15) is 9.97 Å². The molecule has 3 aromatic rings. The third-order valence-corrected chi connectivity index (χ3v) is 3.13. The standard InChI is InChI=1S/C11H13N7O3/c1-17-8-7(9(19)18(2)11(17)20)15-10(16-8)12-4-3-6-13-5-14-21-6/h5H,3-4H2,1-2H3,(H2,12,15,16). The van der Waals surface area contributed by atoms with Crippen molar-refractivity contribution in [1.82, 2.24) is 29.2 Å². The van der Waals surface area contributed by atoms with Crippen LogP contribution >= 0.6 is 0 Å². The van der Waals surface area contributed by atoms with Crippen molar-refractivity contribution in [2.45, 2.75) is 6.42 Å². The molecule has 0 saturated heterocycles. The summed E-state index contributed by atoms with van der Waals surface area (Å²) in [6.45, 7) is 0.496. The molecule has 0 unspecified atom stereocenters. The predicted molar refractivity (Wildman–Crippen MR) is 73.1 cm³/mol. The molecule has 10 nitrogen and oxygen atoms in total. The molecular formula is C11H13N7O3. The average molecular weight is 291 g/mol. The van der Waals surface area contributed by atoms with Gasteiger partial charge in [0.2, 0.25) is 11.8 Å². The van der Waals surface area contributed by atoms with Crippen LogP contribution in [0.3, 0.4) is 0 Å². The Bertz CT molecular complexity index is 887. The fourth-order valence-corrected chi connectivity index (χ4v) is 2.00. The molecule has 2 N–H and O–H groups in total.